The van der Waals surface area contributed by atoms with Gasteiger partial charge in [0.05, 0.1) is 4.90 Å². The second-order valence-corrected chi connectivity index (χ2v) is 13.2. The highest BCUT2D eigenvalue weighted by atomic mass is 32.2. The molecule has 0 saturated carbocycles. The van der Waals surface area contributed by atoms with E-state index in [1.54, 1.807) is 34.1 Å². The van der Waals surface area contributed by atoms with Gasteiger partial charge in [0.2, 0.25) is 10.0 Å². The minimum atomic E-state index is -3.49. The molecule has 2 saturated heterocycles. The Bertz CT molecular complexity index is 1270. The van der Waals surface area contributed by atoms with E-state index in [1.807, 2.05) is 23.9 Å². The van der Waals surface area contributed by atoms with E-state index >= 15 is 0 Å². The van der Waals surface area contributed by atoms with Crippen molar-refractivity contribution < 1.29 is 8.42 Å². The molecule has 6 heteroatoms. The van der Waals surface area contributed by atoms with Gasteiger partial charge in [-0.3, -0.25) is 0 Å². The number of piperidine rings is 1. The number of likely N-dealkylation sites (tertiary alicyclic amines) is 1. The van der Waals surface area contributed by atoms with Crippen molar-refractivity contribution in [3.63, 3.8) is 0 Å². The fraction of sp³-hybridized carbons (Fsp3) is 0.379. The highest BCUT2D eigenvalue weighted by Crippen LogP contribution is 2.49. The lowest BCUT2D eigenvalue weighted by Gasteiger charge is -2.41. The first kappa shape index (κ1) is 23.3. The van der Waals surface area contributed by atoms with Crippen molar-refractivity contribution in [3.8, 4) is 0 Å². The highest BCUT2D eigenvalue weighted by molar-refractivity contribution is 7.99. The molecular weight excluding hydrogens is 472 g/mol. The highest BCUT2D eigenvalue weighted by Gasteiger charge is 2.44. The Morgan fingerprint density at radius 1 is 0.829 bits per heavy atom. The maximum atomic E-state index is 13.4. The summed E-state index contributed by atoms with van der Waals surface area (Å²) in [5.74, 6) is 1.70. The number of hydrogen-bond donors (Lipinski definition) is 0. The Kier molecular flexibility index (Phi) is 6.25. The summed E-state index contributed by atoms with van der Waals surface area (Å²) in [6, 6.07) is 28.3. The number of hydrogen-bond acceptors (Lipinski definition) is 4. The number of thioether (sulfide) groups is 1. The second-order valence-electron chi connectivity index (χ2n) is 10.3. The van der Waals surface area contributed by atoms with Crippen LogP contribution in [-0.2, 0) is 15.4 Å². The molecule has 0 bridgehead atoms. The SMILES string of the molecule is O=S(=O)(c1ccccc1)N1C[C@H](CN2CCC3(CC2)CSc2ccccc23)[C@@H](c2ccccc2)C1. The van der Waals surface area contributed by atoms with Crippen molar-refractivity contribution in [3.05, 3.63) is 96.1 Å². The minimum Gasteiger partial charge on any atom is -0.303 e. The molecule has 0 aromatic heterocycles. The molecule has 0 aliphatic carbocycles. The minimum absolute atomic E-state index is 0.216. The van der Waals surface area contributed by atoms with Crippen LogP contribution in [0.5, 0.6) is 0 Å². The third-order valence-electron chi connectivity index (χ3n) is 8.28. The molecular formula is C29H32N2O2S2. The van der Waals surface area contributed by atoms with Gasteiger partial charge in [-0.15, -0.1) is 11.8 Å². The first-order chi connectivity index (χ1) is 17.1. The predicted molar refractivity (Wildman–Crippen MR) is 142 cm³/mol. The van der Waals surface area contributed by atoms with Gasteiger partial charge in [0, 0.05) is 41.6 Å². The normalized spacial score (nSPS) is 24.6. The Morgan fingerprint density at radius 2 is 1.49 bits per heavy atom. The molecule has 3 aromatic carbocycles. The van der Waals surface area contributed by atoms with Crippen LogP contribution in [0.3, 0.4) is 0 Å². The van der Waals surface area contributed by atoms with E-state index in [2.05, 4.69) is 53.4 Å². The summed E-state index contributed by atoms with van der Waals surface area (Å²) in [4.78, 5) is 4.45. The summed E-state index contributed by atoms with van der Waals surface area (Å²) >= 11 is 2.01. The maximum Gasteiger partial charge on any atom is 0.243 e. The lowest BCUT2D eigenvalue weighted by atomic mass is 9.74. The average molecular weight is 505 g/mol. The van der Waals surface area contributed by atoms with Crippen LogP contribution in [0.15, 0.2) is 94.7 Å². The topological polar surface area (TPSA) is 40.6 Å². The summed E-state index contributed by atoms with van der Waals surface area (Å²) in [5, 5.41) is 0. The summed E-state index contributed by atoms with van der Waals surface area (Å²) in [7, 11) is -3.49. The number of rotatable bonds is 5. The van der Waals surface area contributed by atoms with Crippen LogP contribution in [0.4, 0.5) is 0 Å². The van der Waals surface area contributed by atoms with E-state index in [9.17, 15) is 8.42 Å². The standard InChI is InChI=1S/C29H32N2O2S2/c32-35(33,25-11-5-2-6-12-25)31-20-24(26(21-31)23-9-3-1-4-10-23)19-30-17-15-29(16-18-30)22-34-28-14-8-7-13-27(28)29/h1-14,24,26H,15-22H2/t24-,26+/m0/s1. The van der Waals surface area contributed by atoms with Gasteiger partial charge in [-0.25, -0.2) is 8.42 Å². The number of nitrogens with zero attached hydrogens (tertiary/aromatic N) is 2. The molecule has 0 amide bonds. The van der Waals surface area contributed by atoms with Gasteiger partial charge in [0.15, 0.2) is 0 Å². The lowest BCUT2D eigenvalue weighted by molar-refractivity contribution is 0.148. The second kappa shape index (κ2) is 9.40. The maximum absolute atomic E-state index is 13.4. The van der Waals surface area contributed by atoms with Gasteiger partial charge in [-0.05, 0) is 61.2 Å². The zero-order valence-corrected chi connectivity index (χ0v) is 21.6. The smallest absolute Gasteiger partial charge is 0.243 e. The Labute approximate surface area is 213 Å². The van der Waals surface area contributed by atoms with E-state index < -0.39 is 10.0 Å². The molecule has 35 heavy (non-hydrogen) atoms. The molecule has 2 atom stereocenters. The van der Waals surface area contributed by atoms with Crippen molar-refractivity contribution in [2.45, 2.75) is 34.0 Å². The van der Waals surface area contributed by atoms with Gasteiger partial charge in [-0.1, -0.05) is 66.7 Å². The molecule has 0 unspecified atom stereocenters. The monoisotopic (exact) mass is 504 g/mol. The lowest BCUT2D eigenvalue weighted by Crippen LogP contribution is -2.45. The van der Waals surface area contributed by atoms with E-state index in [0.29, 0.717) is 23.4 Å². The third kappa shape index (κ3) is 4.35. The molecule has 3 aromatic rings. The van der Waals surface area contributed by atoms with Crippen molar-refractivity contribution in [1.82, 2.24) is 9.21 Å². The van der Waals surface area contributed by atoms with Crippen molar-refractivity contribution in [1.29, 1.82) is 0 Å². The van der Waals surface area contributed by atoms with E-state index in [4.69, 9.17) is 0 Å². The molecule has 3 heterocycles. The van der Waals surface area contributed by atoms with E-state index in [-0.39, 0.29) is 11.8 Å². The molecule has 2 fully saturated rings. The fourth-order valence-corrected chi connectivity index (χ4v) is 9.30. The Morgan fingerprint density at radius 3 is 2.23 bits per heavy atom. The zero-order chi connectivity index (χ0) is 23.9. The van der Waals surface area contributed by atoms with Gasteiger partial charge >= 0.3 is 0 Å². The van der Waals surface area contributed by atoms with Gasteiger partial charge < -0.3 is 4.90 Å². The van der Waals surface area contributed by atoms with E-state index in [0.717, 1.165) is 19.6 Å². The van der Waals surface area contributed by atoms with Crippen molar-refractivity contribution >= 4 is 21.8 Å². The Balaban J connectivity index is 1.20. The van der Waals surface area contributed by atoms with Crippen LogP contribution < -0.4 is 0 Å². The number of sulfonamides is 1. The summed E-state index contributed by atoms with van der Waals surface area (Å²) < 4.78 is 28.6. The van der Waals surface area contributed by atoms with E-state index in [1.165, 1.54) is 29.1 Å². The molecule has 1 spiro atoms. The quantitative estimate of drug-likeness (QED) is 0.477. The number of fused-ring (bicyclic) bond motifs is 2. The molecule has 0 N–H and O–H groups in total. The van der Waals surface area contributed by atoms with Gasteiger partial charge in [0.25, 0.3) is 0 Å². The van der Waals surface area contributed by atoms with Gasteiger partial charge in [0.1, 0.15) is 0 Å². The molecule has 6 rings (SSSR count). The number of benzene rings is 3. The largest absolute Gasteiger partial charge is 0.303 e. The van der Waals surface area contributed by atoms with Gasteiger partial charge in [-0.2, -0.15) is 4.31 Å². The fourth-order valence-electron chi connectivity index (χ4n) is 6.27. The van der Waals surface area contributed by atoms with Crippen LogP contribution in [0.25, 0.3) is 0 Å². The molecule has 3 aliphatic rings. The van der Waals surface area contributed by atoms with Crippen LogP contribution in [0.1, 0.15) is 29.9 Å². The van der Waals surface area contributed by atoms with Crippen LogP contribution in [0.2, 0.25) is 0 Å². The summed E-state index contributed by atoms with van der Waals surface area (Å²) in [5.41, 5.74) is 3.11. The molecule has 182 valence electrons. The predicted octanol–water partition coefficient (Wildman–Crippen LogP) is 5.23. The third-order valence-corrected chi connectivity index (χ3v) is 11.5. The average Bonchev–Trinajstić information content (AvgIpc) is 3.49. The first-order valence-electron chi connectivity index (χ1n) is 12.6. The van der Waals surface area contributed by atoms with Crippen LogP contribution >= 0.6 is 11.8 Å². The zero-order valence-electron chi connectivity index (χ0n) is 19.9. The summed E-state index contributed by atoms with van der Waals surface area (Å²) in [6.45, 7) is 4.24. The van der Waals surface area contributed by atoms with Crippen LogP contribution in [0, 0.1) is 5.92 Å². The Hall–Kier alpha value is -2.12. The first-order valence-corrected chi connectivity index (χ1v) is 15.0. The van der Waals surface area contributed by atoms with Crippen molar-refractivity contribution in [2.75, 3.05) is 38.5 Å². The molecule has 3 aliphatic heterocycles. The molecule has 4 nitrogen and oxygen atoms in total. The summed E-state index contributed by atoms with van der Waals surface area (Å²) in [6.07, 6.45) is 2.37. The van der Waals surface area contributed by atoms with Crippen molar-refractivity contribution in [2.24, 2.45) is 5.92 Å². The molecule has 0 radical (unpaired) electrons. The van der Waals surface area contributed by atoms with Crippen LogP contribution in [-0.4, -0.2) is 56.1 Å².